The largest absolute Gasteiger partial charge is 0.355 e. The number of hydrogen-bond donors (Lipinski definition) is 1. The Labute approximate surface area is 163 Å². The van der Waals surface area contributed by atoms with E-state index >= 15 is 0 Å². The Kier molecular flexibility index (Phi) is 4.50. The van der Waals surface area contributed by atoms with Gasteiger partial charge in [-0.1, -0.05) is 12.1 Å². The Morgan fingerprint density at radius 2 is 1.63 bits per heavy atom. The third kappa shape index (κ3) is 3.86. The average molecular weight is 365 g/mol. The number of nitrogens with one attached hydrogen (secondary N) is 1. The van der Waals surface area contributed by atoms with Gasteiger partial charge in [-0.05, 0) is 89.1 Å². The van der Waals surface area contributed by atoms with Crippen molar-refractivity contribution in [2.45, 2.75) is 76.9 Å². The molecule has 144 valence electrons. The first-order chi connectivity index (χ1) is 12.7. The van der Waals surface area contributed by atoms with Crippen molar-refractivity contribution in [1.29, 1.82) is 0 Å². The number of aromatic nitrogens is 2. The number of hydrogen-bond acceptors (Lipinski definition) is 4. The second-order valence-corrected chi connectivity index (χ2v) is 9.68. The van der Waals surface area contributed by atoms with E-state index in [2.05, 4.69) is 85.5 Å². The molecular formula is C23H32N4. The highest BCUT2D eigenvalue weighted by Crippen LogP contribution is 2.33. The van der Waals surface area contributed by atoms with Gasteiger partial charge in [-0.2, -0.15) is 0 Å². The van der Waals surface area contributed by atoms with Crippen LogP contribution in [0.2, 0.25) is 0 Å². The maximum Gasteiger partial charge on any atom is 0.151 e. The average Bonchev–Trinajstić information content (AvgIpc) is 3.06. The van der Waals surface area contributed by atoms with E-state index in [1.54, 1.807) is 0 Å². The van der Waals surface area contributed by atoms with E-state index < -0.39 is 0 Å². The van der Waals surface area contributed by atoms with Crippen LogP contribution in [0.1, 0.15) is 58.1 Å². The molecule has 1 N–H and O–H groups in total. The van der Waals surface area contributed by atoms with Gasteiger partial charge in [0, 0.05) is 29.7 Å². The van der Waals surface area contributed by atoms with Gasteiger partial charge in [0.05, 0.1) is 5.69 Å². The van der Waals surface area contributed by atoms with E-state index in [-0.39, 0.29) is 11.1 Å². The molecule has 1 aliphatic heterocycles. The number of aryl methyl sites for hydroxylation is 2. The highest BCUT2D eigenvalue weighted by Gasteiger charge is 2.39. The highest BCUT2D eigenvalue weighted by molar-refractivity contribution is 5.62. The Bertz CT molecular complexity index is 807. The molecule has 0 radical (unpaired) electrons. The van der Waals surface area contributed by atoms with Crippen LogP contribution in [0, 0.1) is 0 Å². The molecule has 27 heavy (non-hydrogen) atoms. The fourth-order valence-electron chi connectivity index (χ4n) is 5.13. The lowest BCUT2D eigenvalue weighted by molar-refractivity contribution is 0.160. The molecule has 2 aliphatic rings. The first kappa shape index (κ1) is 18.4. The first-order valence-electron chi connectivity index (χ1n) is 10.2. The molecule has 0 atom stereocenters. The first-order valence-corrected chi connectivity index (χ1v) is 10.2. The maximum atomic E-state index is 4.57. The smallest absolute Gasteiger partial charge is 0.151 e. The molecule has 0 amide bonds. The van der Waals surface area contributed by atoms with Crippen molar-refractivity contribution in [2.24, 2.45) is 0 Å². The van der Waals surface area contributed by atoms with Gasteiger partial charge < -0.3 is 10.2 Å². The molecule has 2 heterocycles. The summed E-state index contributed by atoms with van der Waals surface area (Å²) in [6.07, 6.45) is 5.88. The topological polar surface area (TPSA) is 41.1 Å². The number of fused-ring (bicyclic) bond motifs is 1. The molecule has 1 aromatic heterocycles. The molecule has 4 nitrogen and oxygen atoms in total. The molecule has 0 saturated carbocycles. The monoisotopic (exact) mass is 364 g/mol. The molecule has 2 aromatic rings. The second kappa shape index (κ2) is 6.59. The van der Waals surface area contributed by atoms with Gasteiger partial charge in [-0.15, -0.1) is 10.2 Å². The van der Waals surface area contributed by atoms with Gasteiger partial charge in [-0.3, -0.25) is 0 Å². The molecule has 0 spiro atoms. The summed E-state index contributed by atoms with van der Waals surface area (Å²) in [5, 5.41) is 12.9. The fourth-order valence-corrected chi connectivity index (χ4v) is 5.13. The Morgan fingerprint density at radius 3 is 2.30 bits per heavy atom. The van der Waals surface area contributed by atoms with Crippen molar-refractivity contribution in [3.8, 4) is 11.3 Å². The predicted molar refractivity (Wildman–Crippen MR) is 112 cm³/mol. The van der Waals surface area contributed by atoms with Crippen molar-refractivity contribution in [3.63, 3.8) is 0 Å². The van der Waals surface area contributed by atoms with E-state index in [4.69, 9.17) is 0 Å². The second-order valence-electron chi connectivity index (χ2n) is 9.68. The van der Waals surface area contributed by atoms with Crippen LogP contribution in [0.15, 0.2) is 30.3 Å². The van der Waals surface area contributed by atoms with E-state index in [0.717, 1.165) is 24.4 Å². The lowest BCUT2D eigenvalue weighted by Gasteiger charge is -2.49. The summed E-state index contributed by atoms with van der Waals surface area (Å²) < 4.78 is 0. The Balaban J connectivity index is 1.53. The van der Waals surface area contributed by atoms with Crippen molar-refractivity contribution < 1.29 is 0 Å². The number of piperidine rings is 1. The van der Waals surface area contributed by atoms with Crippen molar-refractivity contribution >= 4 is 5.82 Å². The number of rotatable bonds is 3. The van der Waals surface area contributed by atoms with Gasteiger partial charge in [0.1, 0.15) is 0 Å². The summed E-state index contributed by atoms with van der Waals surface area (Å²) in [5.74, 6) is 0.957. The lowest BCUT2D eigenvalue weighted by Crippen LogP contribution is -2.62. The summed E-state index contributed by atoms with van der Waals surface area (Å²) in [5.41, 5.74) is 5.37. The fraction of sp³-hybridized carbons (Fsp3) is 0.565. The maximum absolute atomic E-state index is 4.57. The molecule has 4 rings (SSSR count). The van der Waals surface area contributed by atoms with E-state index in [1.807, 2.05) is 0 Å². The zero-order valence-electron chi connectivity index (χ0n) is 17.3. The Morgan fingerprint density at radius 1 is 0.926 bits per heavy atom. The standard InChI is InChI=1S/C23H32N4/c1-22(2)14-19(15-23(3,4)26-22)27(5)21-12-11-20(24-25-21)18-10-9-16-7-6-8-17(16)13-18/h9-13,19,26H,6-8,14-15H2,1-5H3. The normalized spacial score (nSPS) is 21.1. The Hall–Kier alpha value is -1.94. The number of anilines is 1. The predicted octanol–water partition coefficient (Wildman–Crippen LogP) is 4.38. The van der Waals surface area contributed by atoms with Crippen molar-refractivity contribution in [2.75, 3.05) is 11.9 Å². The summed E-state index contributed by atoms with van der Waals surface area (Å²) in [4.78, 5) is 2.31. The van der Waals surface area contributed by atoms with Crippen LogP contribution >= 0.6 is 0 Å². The zero-order chi connectivity index (χ0) is 19.2. The zero-order valence-corrected chi connectivity index (χ0v) is 17.3. The van der Waals surface area contributed by atoms with E-state index in [1.165, 1.54) is 36.0 Å². The summed E-state index contributed by atoms with van der Waals surface area (Å²) >= 11 is 0. The minimum Gasteiger partial charge on any atom is -0.355 e. The van der Waals surface area contributed by atoms with Gasteiger partial charge in [0.25, 0.3) is 0 Å². The van der Waals surface area contributed by atoms with Crippen LogP contribution in [0.4, 0.5) is 5.82 Å². The van der Waals surface area contributed by atoms with Crippen LogP contribution in [-0.2, 0) is 12.8 Å². The minimum absolute atomic E-state index is 0.123. The van der Waals surface area contributed by atoms with Crippen LogP contribution in [0.25, 0.3) is 11.3 Å². The SMILES string of the molecule is CN(c1ccc(-c2ccc3c(c2)CCC3)nn1)C1CC(C)(C)NC(C)(C)C1. The molecule has 1 aromatic carbocycles. The third-order valence-electron chi connectivity index (χ3n) is 6.12. The van der Waals surface area contributed by atoms with Crippen molar-refractivity contribution in [3.05, 3.63) is 41.5 Å². The quantitative estimate of drug-likeness (QED) is 0.878. The summed E-state index contributed by atoms with van der Waals surface area (Å²) in [7, 11) is 2.15. The van der Waals surface area contributed by atoms with Gasteiger partial charge in [0.15, 0.2) is 5.82 Å². The molecule has 1 aliphatic carbocycles. The van der Waals surface area contributed by atoms with Gasteiger partial charge in [0.2, 0.25) is 0 Å². The molecule has 0 bridgehead atoms. The van der Waals surface area contributed by atoms with Gasteiger partial charge >= 0.3 is 0 Å². The molecule has 1 saturated heterocycles. The van der Waals surface area contributed by atoms with Gasteiger partial charge in [-0.25, -0.2) is 0 Å². The lowest BCUT2D eigenvalue weighted by atomic mass is 9.79. The van der Waals surface area contributed by atoms with E-state index in [0.29, 0.717) is 6.04 Å². The van der Waals surface area contributed by atoms with Crippen LogP contribution < -0.4 is 10.2 Å². The molecular weight excluding hydrogens is 332 g/mol. The van der Waals surface area contributed by atoms with Crippen molar-refractivity contribution in [1.82, 2.24) is 15.5 Å². The van der Waals surface area contributed by atoms with E-state index in [9.17, 15) is 0 Å². The number of benzene rings is 1. The highest BCUT2D eigenvalue weighted by atomic mass is 15.3. The third-order valence-corrected chi connectivity index (χ3v) is 6.12. The van der Waals surface area contributed by atoms with Crippen LogP contribution in [0.5, 0.6) is 0 Å². The molecule has 1 fully saturated rings. The number of nitrogens with zero attached hydrogens (tertiary/aromatic N) is 3. The summed E-state index contributed by atoms with van der Waals surface area (Å²) in [6, 6.07) is 11.4. The molecule has 4 heteroatoms. The molecule has 0 unspecified atom stereocenters. The van der Waals surface area contributed by atoms with Crippen LogP contribution in [0.3, 0.4) is 0 Å². The minimum atomic E-state index is 0.123. The van der Waals surface area contributed by atoms with Crippen LogP contribution in [-0.4, -0.2) is 34.4 Å². The summed E-state index contributed by atoms with van der Waals surface area (Å²) in [6.45, 7) is 9.16.